The molecular weight excluding hydrogens is 328 g/mol. The van der Waals surface area contributed by atoms with Gasteiger partial charge in [0.25, 0.3) is 5.56 Å². The summed E-state index contributed by atoms with van der Waals surface area (Å²) < 4.78 is 0. The van der Waals surface area contributed by atoms with E-state index in [-0.39, 0.29) is 5.56 Å². The molecule has 3 aromatic rings. The minimum atomic E-state index is -0.0696. The molecule has 0 bridgehead atoms. The number of hydrogen-bond acceptors (Lipinski definition) is 5. The molecule has 1 aromatic carbocycles. The van der Waals surface area contributed by atoms with Crippen molar-refractivity contribution in [2.24, 2.45) is 0 Å². The van der Waals surface area contributed by atoms with Gasteiger partial charge < -0.3 is 10.1 Å². The van der Waals surface area contributed by atoms with Gasteiger partial charge in [0.05, 0.1) is 5.69 Å². The highest BCUT2D eigenvalue weighted by atomic mass is 16.3. The summed E-state index contributed by atoms with van der Waals surface area (Å²) in [4.78, 5) is 26.2. The van der Waals surface area contributed by atoms with E-state index in [2.05, 4.69) is 19.9 Å². The monoisotopic (exact) mass is 348 g/mol. The lowest BCUT2D eigenvalue weighted by molar-refractivity contribution is 0.237. The maximum Gasteiger partial charge on any atom is 0.254 e. The average molecular weight is 348 g/mol. The minimum absolute atomic E-state index is 0.0696. The first-order valence-corrected chi connectivity index (χ1v) is 8.63. The molecule has 6 heteroatoms. The number of aryl methyl sites for hydroxylation is 1. The van der Waals surface area contributed by atoms with Gasteiger partial charge in [-0.3, -0.25) is 14.7 Å². The molecule has 0 fully saturated rings. The average Bonchev–Trinajstić information content (AvgIpc) is 2.65. The van der Waals surface area contributed by atoms with Crippen molar-refractivity contribution in [3.8, 4) is 17.1 Å². The number of benzene rings is 1. The highest BCUT2D eigenvalue weighted by molar-refractivity contribution is 5.54. The Labute approximate surface area is 151 Å². The van der Waals surface area contributed by atoms with Crippen LogP contribution < -0.4 is 5.56 Å². The summed E-state index contributed by atoms with van der Waals surface area (Å²) in [6, 6.07) is 9.28. The van der Waals surface area contributed by atoms with Crippen LogP contribution in [0.3, 0.4) is 0 Å². The number of aromatic hydroxyl groups is 1. The summed E-state index contributed by atoms with van der Waals surface area (Å²) in [7, 11) is 0. The molecule has 0 radical (unpaired) electrons. The smallest absolute Gasteiger partial charge is 0.254 e. The second-order valence-electron chi connectivity index (χ2n) is 6.67. The first-order valence-electron chi connectivity index (χ1n) is 8.63. The zero-order chi connectivity index (χ0) is 18.1. The van der Waals surface area contributed by atoms with Crippen LogP contribution in [0.1, 0.15) is 22.4 Å². The number of nitrogens with zero attached hydrogens (tertiary/aromatic N) is 3. The number of phenols is 1. The van der Waals surface area contributed by atoms with Gasteiger partial charge in [0.1, 0.15) is 11.6 Å². The Hall–Kier alpha value is -2.99. The number of pyridine rings is 1. The fourth-order valence-electron chi connectivity index (χ4n) is 3.36. The summed E-state index contributed by atoms with van der Waals surface area (Å²) >= 11 is 0. The van der Waals surface area contributed by atoms with Crippen LogP contribution in [0.15, 0.2) is 47.5 Å². The van der Waals surface area contributed by atoms with Gasteiger partial charge in [-0.05, 0) is 31.5 Å². The Morgan fingerprint density at radius 1 is 1.23 bits per heavy atom. The van der Waals surface area contributed by atoms with Gasteiger partial charge in [-0.1, -0.05) is 17.7 Å². The van der Waals surface area contributed by atoms with Gasteiger partial charge in [-0.2, -0.15) is 0 Å². The molecule has 132 valence electrons. The van der Waals surface area contributed by atoms with Crippen LogP contribution in [0, 0.1) is 6.92 Å². The molecule has 0 aliphatic carbocycles. The quantitative estimate of drug-likeness (QED) is 0.759. The summed E-state index contributed by atoms with van der Waals surface area (Å²) in [6.45, 7) is 3.99. The number of aromatic amines is 1. The SMILES string of the molecule is Cc1ccc(O)c(CN2CCc3c(nc(-c4ccncc4)[nH]c3=O)C2)c1. The van der Waals surface area contributed by atoms with E-state index in [0.29, 0.717) is 31.1 Å². The van der Waals surface area contributed by atoms with E-state index in [1.54, 1.807) is 18.5 Å². The Morgan fingerprint density at radius 2 is 2.04 bits per heavy atom. The van der Waals surface area contributed by atoms with Crippen molar-refractivity contribution in [2.45, 2.75) is 26.4 Å². The van der Waals surface area contributed by atoms with Crippen LogP contribution in [0.25, 0.3) is 11.4 Å². The number of nitrogens with one attached hydrogen (secondary N) is 1. The molecule has 0 spiro atoms. The predicted octanol–water partition coefficient (Wildman–Crippen LogP) is 2.40. The Morgan fingerprint density at radius 3 is 2.85 bits per heavy atom. The lowest BCUT2D eigenvalue weighted by atomic mass is 10.0. The van der Waals surface area contributed by atoms with E-state index in [9.17, 15) is 9.90 Å². The van der Waals surface area contributed by atoms with Crippen LogP contribution in [-0.2, 0) is 19.5 Å². The molecule has 26 heavy (non-hydrogen) atoms. The summed E-state index contributed by atoms with van der Waals surface area (Å²) in [5, 5.41) is 10.1. The number of fused-ring (bicyclic) bond motifs is 1. The maximum atomic E-state index is 12.5. The van der Waals surface area contributed by atoms with Gasteiger partial charge in [0, 0.05) is 48.7 Å². The minimum Gasteiger partial charge on any atom is -0.508 e. The van der Waals surface area contributed by atoms with E-state index in [0.717, 1.165) is 34.5 Å². The maximum absolute atomic E-state index is 12.5. The normalized spacial score (nSPS) is 14.2. The molecule has 0 atom stereocenters. The molecule has 1 aliphatic heterocycles. The molecule has 2 N–H and O–H groups in total. The standard InChI is InChI=1S/C20H20N4O2/c1-13-2-3-18(25)15(10-13)11-24-9-6-16-17(12-24)22-19(23-20(16)26)14-4-7-21-8-5-14/h2-5,7-8,10,25H,6,9,11-12H2,1H3,(H,22,23,26). The van der Waals surface area contributed by atoms with Crippen molar-refractivity contribution in [3.63, 3.8) is 0 Å². The van der Waals surface area contributed by atoms with Crippen molar-refractivity contribution in [3.05, 3.63) is 75.5 Å². The van der Waals surface area contributed by atoms with Gasteiger partial charge in [0.15, 0.2) is 0 Å². The fraction of sp³-hybridized carbons (Fsp3) is 0.250. The topological polar surface area (TPSA) is 82.1 Å². The Balaban J connectivity index is 1.62. The van der Waals surface area contributed by atoms with Crippen LogP contribution in [0.4, 0.5) is 0 Å². The number of phenolic OH excluding ortho intramolecular Hbond substituents is 1. The van der Waals surface area contributed by atoms with E-state index >= 15 is 0 Å². The largest absolute Gasteiger partial charge is 0.508 e. The van der Waals surface area contributed by atoms with Crippen molar-refractivity contribution in [1.82, 2.24) is 19.9 Å². The first-order chi connectivity index (χ1) is 12.6. The lowest BCUT2D eigenvalue weighted by Crippen LogP contribution is -2.35. The third-order valence-electron chi connectivity index (χ3n) is 4.74. The molecule has 2 aromatic heterocycles. The zero-order valence-corrected chi connectivity index (χ0v) is 14.6. The van der Waals surface area contributed by atoms with E-state index in [1.165, 1.54) is 0 Å². The van der Waals surface area contributed by atoms with Gasteiger partial charge in [-0.15, -0.1) is 0 Å². The van der Waals surface area contributed by atoms with E-state index in [1.807, 2.05) is 31.2 Å². The highest BCUT2D eigenvalue weighted by Crippen LogP contribution is 2.24. The fourth-order valence-corrected chi connectivity index (χ4v) is 3.36. The Kier molecular flexibility index (Phi) is 4.26. The Bertz CT molecular complexity index is 998. The molecule has 3 heterocycles. The molecule has 0 unspecified atom stereocenters. The van der Waals surface area contributed by atoms with Gasteiger partial charge >= 0.3 is 0 Å². The van der Waals surface area contributed by atoms with E-state index < -0.39 is 0 Å². The summed E-state index contributed by atoms with van der Waals surface area (Å²) in [5.74, 6) is 0.870. The summed E-state index contributed by atoms with van der Waals surface area (Å²) in [6.07, 6.45) is 4.02. The van der Waals surface area contributed by atoms with Crippen LogP contribution in [0.2, 0.25) is 0 Å². The molecule has 0 amide bonds. The zero-order valence-electron chi connectivity index (χ0n) is 14.6. The molecule has 0 saturated carbocycles. The number of rotatable bonds is 3. The first kappa shape index (κ1) is 16.5. The molecule has 0 saturated heterocycles. The van der Waals surface area contributed by atoms with E-state index in [4.69, 9.17) is 0 Å². The number of aromatic nitrogens is 3. The number of hydrogen-bond donors (Lipinski definition) is 2. The van der Waals surface area contributed by atoms with Crippen LogP contribution in [-0.4, -0.2) is 31.5 Å². The van der Waals surface area contributed by atoms with Crippen molar-refractivity contribution in [2.75, 3.05) is 6.54 Å². The molecule has 4 rings (SSSR count). The predicted molar refractivity (Wildman–Crippen MR) is 98.8 cm³/mol. The molecular formula is C20H20N4O2. The third kappa shape index (κ3) is 3.23. The second-order valence-corrected chi connectivity index (χ2v) is 6.67. The summed E-state index contributed by atoms with van der Waals surface area (Å²) in [5.41, 5.74) is 4.34. The molecule has 6 nitrogen and oxygen atoms in total. The highest BCUT2D eigenvalue weighted by Gasteiger charge is 2.22. The second kappa shape index (κ2) is 6.72. The van der Waals surface area contributed by atoms with Crippen LogP contribution >= 0.6 is 0 Å². The number of H-pyrrole nitrogens is 1. The van der Waals surface area contributed by atoms with Crippen molar-refractivity contribution < 1.29 is 5.11 Å². The van der Waals surface area contributed by atoms with Gasteiger partial charge in [-0.25, -0.2) is 4.98 Å². The third-order valence-corrected chi connectivity index (χ3v) is 4.74. The molecule has 1 aliphatic rings. The van der Waals surface area contributed by atoms with Crippen molar-refractivity contribution in [1.29, 1.82) is 0 Å². The van der Waals surface area contributed by atoms with Gasteiger partial charge in [0.2, 0.25) is 0 Å². The van der Waals surface area contributed by atoms with Crippen molar-refractivity contribution >= 4 is 0 Å². The van der Waals surface area contributed by atoms with Crippen LogP contribution in [0.5, 0.6) is 5.75 Å². The lowest BCUT2D eigenvalue weighted by Gasteiger charge is -2.28.